The summed E-state index contributed by atoms with van der Waals surface area (Å²) in [4.78, 5) is 5.58. The molecule has 0 aliphatic heterocycles. The molecule has 0 unspecified atom stereocenters. The SMILES string of the molecule is C/C(=N\OC(C)(C)C)C(C)(C)CCC(C)(C)SSC(C)(C)C. The van der Waals surface area contributed by atoms with E-state index in [2.05, 4.69) is 60.5 Å². The minimum Gasteiger partial charge on any atom is -0.390 e. The lowest BCUT2D eigenvalue weighted by atomic mass is 9.81. The molecular formula is C18H37NOS2. The lowest BCUT2D eigenvalue weighted by molar-refractivity contribution is -0.000823. The van der Waals surface area contributed by atoms with Crippen LogP contribution in [0.15, 0.2) is 5.16 Å². The smallest absolute Gasteiger partial charge is 0.129 e. The average molecular weight is 348 g/mol. The van der Waals surface area contributed by atoms with Crippen molar-refractivity contribution in [1.29, 1.82) is 0 Å². The second kappa shape index (κ2) is 7.83. The second-order valence-electron chi connectivity index (χ2n) is 9.30. The van der Waals surface area contributed by atoms with Gasteiger partial charge in [0.15, 0.2) is 0 Å². The van der Waals surface area contributed by atoms with Crippen LogP contribution in [0.5, 0.6) is 0 Å². The summed E-state index contributed by atoms with van der Waals surface area (Å²) in [7, 11) is 3.98. The molecule has 0 fully saturated rings. The predicted molar refractivity (Wildman–Crippen MR) is 106 cm³/mol. The fraction of sp³-hybridized carbons (Fsp3) is 0.944. The van der Waals surface area contributed by atoms with E-state index in [1.165, 1.54) is 0 Å². The molecule has 0 radical (unpaired) electrons. The first-order valence-corrected chi connectivity index (χ1v) is 10.3. The van der Waals surface area contributed by atoms with Gasteiger partial charge in [-0.2, -0.15) is 0 Å². The Balaban J connectivity index is 4.59. The highest BCUT2D eigenvalue weighted by molar-refractivity contribution is 8.77. The van der Waals surface area contributed by atoms with Crippen molar-refractivity contribution in [3.05, 3.63) is 0 Å². The predicted octanol–water partition coefficient (Wildman–Crippen LogP) is 6.94. The Hall–Kier alpha value is 0.170. The largest absolute Gasteiger partial charge is 0.390 e. The van der Waals surface area contributed by atoms with Gasteiger partial charge in [-0.15, -0.1) is 0 Å². The number of oxime groups is 1. The fourth-order valence-electron chi connectivity index (χ4n) is 1.40. The zero-order valence-electron chi connectivity index (χ0n) is 16.6. The van der Waals surface area contributed by atoms with Crippen molar-refractivity contribution < 1.29 is 4.84 Å². The molecule has 4 heteroatoms. The van der Waals surface area contributed by atoms with Crippen LogP contribution in [0.4, 0.5) is 0 Å². The monoisotopic (exact) mass is 347 g/mol. The summed E-state index contributed by atoms with van der Waals surface area (Å²) in [6.07, 6.45) is 2.27. The number of hydrogen-bond acceptors (Lipinski definition) is 4. The van der Waals surface area contributed by atoms with Gasteiger partial charge < -0.3 is 4.84 Å². The Morgan fingerprint density at radius 1 is 0.818 bits per heavy atom. The Morgan fingerprint density at radius 3 is 1.73 bits per heavy atom. The summed E-state index contributed by atoms with van der Waals surface area (Å²) < 4.78 is 0.565. The minimum absolute atomic E-state index is 0.0650. The molecule has 0 aromatic rings. The molecule has 0 spiro atoms. The Morgan fingerprint density at radius 2 is 1.32 bits per heavy atom. The van der Waals surface area contributed by atoms with Crippen LogP contribution in [0.3, 0.4) is 0 Å². The van der Waals surface area contributed by atoms with Crippen molar-refractivity contribution in [2.75, 3.05) is 0 Å². The van der Waals surface area contributed by atoms with Crippen LogP contribution in [-0.2, 0) is 4.84 Å². The van der Waals surface area contributed by atoms with Crippen LogP contribution in [0.1, 0.15) is 89.0 Å². The first-order chi connectivity index (χ1) is 9.54. The van der Waals surface area contributed by atoms with E-state index in [-0.39, 0.29) is 15.8 Å². The van der Waals surface area contributed by atoms with E-state index in [0.717, 1.165) is 18.6 Å². The van der Waals surface area contributed by atoms with Crippen molar-refractivity contribution >= 4 is 27.3 Å². The van der Waals surface area contributed by atoms with Crippen LogP contribution in [-0.4, -0.2) is 20.8 Å². The molecule has 0 heterocycles. The molecule has 0 amide bonds. The molecule has 2 nitrogen and oxygen atoms in total. The molecule has 22 heavy (non-hydrogen) atoms. The minimum atomic E-state index is -0.226. The van der Waals surface area contributed by atoms with Gasteiger partial charge in [-0.25, -0.2) is 0 Å². The van der Waals surface area contributed by atoms with Crippen molar-refractivity contribution in [3.8, 4) is 0 Å². The Labute approximate surface area is 147 Å². The van der Waals surface area contributed by atoms with E-state index in [0.29, 0.717) is 4.75 Å². The van der Waals surface area contributed by atoms with Crippen molar-refractivity contribution in [2.24, 2.45) is 10.6 Å². The van der Waals surface area contributed by atoms with Crippen LogP contribution in [0, 0.1) is 5.41 Å². The third-order valence-electron chi connectivity index (χ3n) is 3.31. The fourth-order valence-corrected chi connectivity index (χ4v) is 3.74. The molecule has 132 valence electrons. The first kappa shape index (κ1) is 22.2. The van der Waals surface area contributed by atoms with Gasteiger partial charge in [-0.05, 0) is 54.4 Å². The van der Waals surface area contributed by atoms with E-state index in [1.54, 1.807) is 0 Å². The van der Waals surface area contributed by atoms with E-state index < -0.39 is 0 Å². The van der Waals surface area contributed by atoms with Crippen LogP contribution in [0.25, 0.3) is 0 Å². The van der Waals surface area contributed by atoms with E-state index in [1.807, 2.05) is 42.4 Å². The van der Waals surface area contributed by atoms with E-state index in [9.17, 15) is 0 Å². The molecule has 0 atom stereocenters. The molecule has 0 aromatic heterocycles. The van der Waals surface area contributed by atoms with Crippen LogP contribution >= 0.6 is 21.6 Å². The Kier molecular flexibility index (Phi) is 7.89. The van der Waals surface area contributed by atoms with Crippen molar-refractivity contribution in [2.45, 2.75) is 104 Å². The van der Waals surface area contributed by atoms with Crippen LogP contribution in [0.2, 0.25) is 0 Å². The van der Waals surface area contributed by atoms with Crippen molar-refractivity contribution in [1.82, 2.24) is 0 Å². The third-order valence-corrected chi connectivity index (χ3v) is 7.65. The topological polar surface area (TPSA) is 21.6 Å². The lowest BCUT2D eigenvalue weighted by Gasteiger charge is -2.32. The maximum absolute atomic E-state index is 5.58. The molecule has 0 aromatic carbocycles. The molecule has 0 N–H and O–H groups in total. The van der Waals surface area contributed by atoms with Gasteiger partial charge >= 0.3 is 0 Å². The standard InChI is InChI=1S/C18H37NOS2/c1-14(19-20-15(2,3)4)17(8,9)12-13-18(10,11)22-21-16(5,6)7/h12-13H2,1-11H3/b19-14+. The molecule has 0 aliphatic carbocycles. The van der Waals surface area contributed by atoms with Gasteiger partial charge in [0, 0.05) is 14.9 Å². The quantitative estimate of drug-likeness (QED) is 0.283. The average Bonchev–Trinajstić information content (AvgIpc) is 2.30. The summed E-state index contributed by atoms with van der Waals surface area (Å²) >= 11 is 0. The molecule has 0 saturated carbocycles. The van der Waals surface area contributed by atoms with Crippen molar-refractivity contribution in [3.63, 3.8) is 0 Å². The van der Waals surface area contributed by atoms with Gasteiger partial charge in [0.2, 0.25) is 0 Å². The third kappa shape index (κ3) is 10.8. The first-order valence-electron chi connectivity index (χ1n) is 8.14. The van der Waals surface area contributed by atoms with Gasteiger partial charge in [0.25, 0.3) is 0 Å². The molecule has 0 rings (SSSR count). The van der Waals surface area contributed by atoms with Crippen LogP contribution < -0.4 is 0 Å². The maximum atomic E-state index is 5.58. The highest BCUT2D eigenvalue weighted by Gasteiger charge is 2.29. The zero-order valence-corrected chi connectivity index (χ0v) is 18.2. The molecule has 0 aliphatic rings. The Bertz CT molecular complexity index is 374. The van der Waals surface area contributed by atoms with Gasteiger partial charge in [-0.3, -0.25) is 0 Å². The second-order valence-corrected chi connectivity index (χ2v) is 13.0. The van der Waals surface area contributed by atoms with Gasteiger partial charge in [0.1, 0.15) is 5.60 Å². The molecule has 0 saturated heterocycles. The van der Waals surface area contributed by atoms with Gasteiger partial charge in [0.05, 0.1) is 5.71 Å². The van der Waals surface area contributed by atoms with E-state index >= 15 is 0 Å². The summed E-state index contributed by atoms with van der Waals surface area (Å²) in [5.74, 6) is 0. The maximum Gasteiger partial charge on any atom is 0.129 e. The number of nitrogens with zero attached hydrogens (tertiary/aromatic N) is 1. The summed E-state index contributed by atoms with van der Waals surface area (Å²) in [5.41, 5.74) is 0.914. The van der Waals surface area contributed by atoms with Gasteiger partial charge in [-0.1, -0.05) is 61.4 Å². The molecule has 0 bridgehead atoms. The normalized spacial score (nSPS) is 15.1. The highest BCUT2D eigenvalue weighted by Crippen LogP contribution is 2.46. The number of rotatable bonds is 7. The summed E-state index contributed by atoms with van der Waals surface area (Å²) in [6, 6.07) is 0. The summed E-state index contributed by atoms with van der Waals surface area (Å²) in [5, 5.41) is 4.36. The highest BCUT2D eigenvalue weighted by atomic mass is 33.1. The summed E-state index contributed by atoms with van der Waals surface area (Å²) in [6.45, 7) is 24.2. The zero-order chi connectivity index (χ0) is 17.8. The van der Waals surface area contributed by atoms with E-state index in [4.69, 9.17) is 4.84 Å². The number of hydrogen-bond donors (Lipinski definition) is 0. The lowest BCUT2D eigenvalue weighted by Crippen LogP contribution is -2.27. The molecular weight excluding hydrogens is 310 g/mol.